The molecule has 0 unspecified atom stereocenters. The maximum Gasteiger partial charge on any atom is 0.279 e. The maximum atomic E-state index is 13.3. The third-order valence-electron chi connectivity index (χ3n) is 5.67. The van der Waals surface area contributed by atoms with Gasteiger partial charge in [0.05, 0.1) is 39.5 Å². The van der Waals surface area contributed by atoms with E-state index < -0.39 is 0 Å². The summed E-state index contributed by atoms with van der Waals surface area (Å²) >= 11 is 0. The van der Waals surface area contributed by atoms with Crippen LogP contribution in [0.15, 0.2) is 70.0 Å². The average Bonchev–Trinajstić information content (AvgIpc) is 3.43. The van der Waals surface area contributed by atoms with Crippen molar-refractivity contribution in [3.05, 3.63) is 71.0 Å². The molecule has 0 fully saturated rings. The van der Waals surface area contributed by atoms with Crippen LogP contribution in [0.1, 0.15) is 0 Å². The van der Waals surface area contributed by atoms with Crippen molar-refractivity contribution in [2.24, 2.45) is 0 Å². The normalized spacial score (nSPS) is 10.9. The van der Waals surface area contributed by atoms with Crippen molar-refractivity contribution in [1.29, 1.82) is 0 Å². The Labute approximate surface area is 205 Å². The van der Waals surface area contributed by atoms with Gasteiger partial charge >= 0.3 is 0 Å². The van der Waals surface area contributed by atoms with Crippen LogP contribution in [-0.2, 0) is 0 Å². The molecular formula is C26H22N4O6. The number of hydrogen-bond donors (Lipinski definition) is 0. The fraction of sp³-hybridized carbons (Fsp3) is 0.154. The molecule has 2 heterocycles. The topological polar surface area (TPSA) is 111 Å². The smallest absolute Gasteiger partial charge is 0.279 e. The predicted molar refractivity (Wildman–Crippen MR) is 132 cm³/mol. The second-order valence-corrected chi connectivity index (χ2v) is 7.65. The van der Waals surface area contributed by atoms with Crippen LogP contribution in [-0.4, -0.2) is 48.4 Å². The first-order chi connectivity index (χ1) is 17.6. The van der Waals surface area contributed by atoms with E-state index in [1.54, 1.807) is 61.7 Å². The number of fused-ring (bicyclic) bond motifs is 1. The van der Waals surface area contributed by atoms with Crippen LogP contribution < -0.4 is 24.5 Å². The van der Waals surface area contributed by atoms with E-state index in [0.29, 0.717) is 50.7 Å². The first-order valence-corrected chi connectivity index (χ1v) is 10.9. The molecular weight excluding hydrogens is 464 g/mol. The summed E-state index contributed by atoms with van der Waals surface area (Å²) < 4.78 is 28.4. The summed E-state index contributed by atoms with van der Waals surface area (Å²) in [5.41, 5.74) is 1.25. The molecule has 182 valence electrons. The summed E-state index contributed by atoms with van der Waals surface area (Å²) in [6, 6.07) is 17.6. The number of methoxy groups -OCH3 is 4. The van der Waals surface area contributed by atoms with E-state index in [4.69, 9.17) is 23.5 Å². The lowest BCUT2D eigenvalue weighted by atomic mass is 10.1. The average molecular weight is 486 g/mol. The predicted octanol–water partition coefficient (Wildman–Crippen LogP) is 4.14. The van der Waals surface area contributed by atoms with Crippen LogP contribution in [0, 0.1) is 0 Å². The molecule has 0 bridgehead atoms. The zero-order chi connectivity index (χ0) is 25.2. The molecule has 3 aromatic carbocycles. The number of rotatable bonds is 7. The van der Waals surface area contributed by atoms with Crippen LogP contribution >= 0.6 is 0 Å². The molecule has 0 saturated heterocycles. The SMILES string of the molecule is COc1ccc(-n2nc(-c3nc(-c4cc(OC)c(OC)c(OC)c4)no3)c3ccccc3c2=O)cc1. The second-order valence-electron chi connectivity index (χ2n) is 7.65. The summed E-state index contributed by atoms with van der Waals surface area (Å²) in [7, 11) is 6.16. The van der Waals surface area contributed by atoms with Gasteiger partial charge in [0.25, 0.3) is 11.4 Å². The minimum absolute atomic E-state index is 0.150. The van der Waals surface area contributed by atoms with Crippen molar-refractivity contribution in [3.63, 3.8) is 0 Å². The maximum absolute atomic E-state index is 13.3. The van der Waals surface area contributed by atoms with E-state index in [1.165, 1.54) is 26.0 Å². The Morgan fingerprint density at radius 3 is 2.08 bits per heavy atom. The van der Waals surface area contributed by atoms with E-state index in [9.17, 15) is 4.79 Å². The van der Waals surface area contributed by atoms with Crippen LogP contribution in [0.2, 0.25) is 0 Å². The number of aromatic nitrogens is 4. The quantitative estimate of drug-likeness (QED) is 0.335. The highest BCUT2D eigenvalue weighted by Gasteiger charge is 2.21. The number of hydrogen-bond acceptors (Lipinski definition) is 9. The van der Waals surface area contributed by atoms with Gasteiger partial charge in [0.15, 0.2) is 17.2 Å². The first kappa shape index (κ1) is 22.9. The molecule has 10 nitrogen and oxygen atoms in total. The fourth-order valence-corrected chi connectivity index (χ4v) is 3.89. The van der Waals surface area contributed by atoms with Crippen LogP contribution in [0.3, 0.4) is 0 Å². The summed E-state index contributed by atoms with van der Waals surface area (Å²) in [6.45, 7) is 0. The fourth-order valence-electron chi connectivity index (χ4n) is 3.89. The lowest BCUT2D eigenvalue weighted by Gasteiger charge is -2.12. The lowest BCUT2D eigenvalue weighted by molar-refractivity contribution is 0.324. The van der Waals surface area contributed by atoms with Crippen molar-refractivity contribution in [2.75, 3.05) is 28.4 Å². The molecule has 0 amide bonds. The number of benzene rings is 3. The Balaban J connectivity index is 1.66. The molecule has 0 saturated carbocycles. The minimum Gasteiger partial charge on any atom is -0.497 e. The molecule has 0 N–H and O–H groups in total. The van der Waals surface area contributed by atoms with Gasteiger partial charge in [0.1, 0.15) is 5.75 Å². The third kappa shape index (κ3) is 3.88. The van der Waals surface area contributed by atoms with Crippen LogP contribution in [0.4, 0.5) is 0 Å². The molecule has 10 heteroatoms. The molecule has 5 aromatic rings. The largest absolute Gasteiger partial charge is 0.497 e. The van der Waals surface area contributed by atoms with Crippen molar-refractivity contribution >= 4 is 10.8 Å². The number of ether oxygens (including phenoxy) is 4. The highest BCUT2D eigenvalue weighted by molar-refractivity contribution is 5.92. The van der Waals surface area contributed by atoms with Gasteiger partial charge in [-0.1, -0.05) is 23.4 Å². The van der Waals surface area contributed by atoms with Gasteiger partial charge in [-0.3, -0.25) is 4.79 Å². The van der Waals surface area contributed by atoms with Crippen molar-refractivity contribution in [1.82, 2.24) is 19.9 Å². The van der Waals surface area contributed by atoms with Gasteiger partial charge in [0, 0.05) is 10.9 Å². The second kappa shape index (κ2) is 9.41. The molecule has 0 spiro atoms. The first-order valence-electron chi connectivity index (χ1n) is 10.9. The van der Waals surface area contributed by atoms with Crippen LogP contribution in [0.25, 0.3) is 39.4 Å². The summed E-state index contributed by atoms with van der Waals surface area (Å²) in [5, 5.41) is 9.79. The third-order valence-corrected chi connectivity index (χ3v) is 5.67. The molecule has 0 radical (unpaired) electrons. The molecule has 0 atom stereocenters. The van der Waals surface area contributed by atoms with E-state index >= 15 is 0 Å². The summed E-state index contributed by atoms with van der Waals surface area (Å²) in [5.74, 6) is 2.46. The highest BCUT2D eigenvalue weighted by Crippen LogP contribution is 2.41. The Bertz CT molecular complexity index is 1580. The molecule has 2 aromatic heterocycles. The van der Waals surface area contributed by atoms with Gasteiger partial charge < -0.3 is 23.5 Å². The van der Waals surface area contributed by atoms with E-state index in [1.807, 2.05) is 6.07 Å². The Hall–Kier alpha value is -4.86. The van der Waals surface area contributed by atoms with Gasteiger partial charge in [-0.15, -0.1) is 0 Å². The summed E-state index contributed by atoms with van der Waals surface area (Å²) in [6.07, 6.45) is 0. The van der Waals surface area contributed by atoms with Gasteiger partial charge in [-0.05, 0) is 42.5 Å². The molecule has 5 rings (SSSR count). The van der Waals surface area contributed by atoms with Crippen molar-refractivity contribution in [2.45, 2.75) is 0 Å². The molecule has 0 aliphatic heterocycles. The number of nitrogens with zero attached hydrogens (tertiary/aromatic N) is 4. The molecule has 0 aliphatic rings. The van der Waals surface area contributed by atoms with E-state index in [2.05, 4.69) is 15.2 Å². The van der Waals surface area contributed by atoms with E-state index in [0.717, 1.165) is 0 Å². The highest BCUT2D eigenvalue weighted by atomic mass is 16.5. The standard InChI is InChI=1S/C26H22N4O6/c1-32-17-11-9-16(10-12-17)30-26(31)19-8-6-5-7-18(19)22(28-30)25-27-24(29-36-25)15-13-20(33-2)23(35-4)21(14-15)34-3/h5-14H,1-4H3. The van der Waals surface area contributed by atoms with Crippen molar-refractivity contribution < 1.29 is 23.5 Å². The zero-order valence-corrected chi connectivity index (χ0v) is 20.0. The minimum atomic E-state index is -0.274. The van der Waals surface area contributed by atoms with Gasteiger partial charge in [-0.2, -0.15) is 14.8 Å². The molecule has 0 aliphatic carbocycles. The van der Waals surface area contributed by atoms with Crippen molar-refractivity contribution in [3.8, 4) is 51.7 Å². The van der Waals surface area contributed by atoms with E-state index in [-0.39, 0.29) is 17.3 Å². The van der Waals surface area contributed by atoms with Gasteiger partial charge in [-0.25, -0.2) is 0 Å². The summed E-state index contributed by atoms with van der Waals surface area (Å²) in [4.78, 5) is 17.8. The Morgan fingerprint density at radius 1 is 0.806 bits per heavy atom. The van der Waals surface area contributed by atoms with Crippen LogP contribution in [0.5, 0.6) is 23.0 Å². The lowest BCUT2D eigenvalue weighted by Crippen LogP contribution is -2.22. The Kier molecular flexibility index (Phi) is 5.99. The monoisotopic (exact) mass is 486 g/mol. The molecule has 36 heavy (non-hydrogen) atoms. The zero-order valence-electron chi connectivity index (χ0n) is 20.0. The van der Waals surface area contributed by atoms with Gasteiger partial charge in [0.2, 0.25) is 11.6 Å². The Morgan fingerprint density at radius 2 is 1.47 bits per heavy atom.